The van der Waals surface area contributed by atoms with Crippen molar-refractivity contribution in [3.63, 3.8) is 0 Å². The van der Waals surface area contributed by atoms with E-state index in [4.69, 9.17) is 28.4 Å². The van der Waals surface area contributed by atoms with Gasteiger partial charge in [-0.05, 0) is 12.5 Å². The van der Waals surface area contributed by atoms with Crippen LogP contribution in [0.1, 0.15) is 31.3 Å². The number of benzene rings is 2. The summed E-state index contributed by atoms with van der Waals surface area (Å²) in [5.41, 5.74) is 1.97. The van der Waals surface area contributed by atoms with E-state index < -0.39 is 30.8 Å². The maximum atomic E-state index is 12.0. The van der Waals surface area contributed by atoms with Crippen LogP contribution in [0.15, 0.2) is 60.7 Å². The first-order valence-corrected chi connectivity index (χ1v) is 11.1. The van der Waals surface area contributed by atoms with Crippen LogP contribution in [0.25, 0.3) is 0 Å². The van der Waals surface area contributed by atoms with Gasteiger partial charge < -0.3 is 28.4 Å². The Bertz CT molecular complexity index is 844. The van der Waals surface area contributed by atoms with Gasteiger partial charge in [0.05, 0.1) is 25.9 Å². The molecule has 2 aromatic carbocycles. The fraction of sp³-hybridized carbons (Fsp3) is 0.480. The van der Waals surface area contributed by atoms with E-state index in [-0.39, 0.29) is 18.6 Å². The lowest BCUT2D eigenvalue weighted by Crippen LogP contribution is -2.60. The Morgan fingerprint density at radius 1 is 1.00 bits per heavy atom. The Hall–Kier alpha value is -2.29. The third-order valence-electron chi connectivity index (χ3n) is 5.67. The third kappa shape index (κ3) is 5.54. The molecule has 0 radical (unpaired) electrons. The predicted molar refractivity (Wildman–Crippen MR) is 115 cm³/mol. The number of hydrogen-bond acceptors (Lipinski definition) is 7. The summed E-state index contributed by atoms with van der Waals surface area (Å²) in [6, 6.07) is 19.6. The molecule has 0 amide bonds. The molecule has 0 aliphatic carbocycles. The van der Waals surface area contributed by atoms with E-state index in [2.05, 4.69) is 0 Å². The molecule has 2 aromatic rings. The van der Waals surface area contributed by atoms with Gasteiger partial charge in [0.15, 0.2) is 12.6 Å². The zero-order valence-corrected chi connectivity index (χ0v) is 18.4. The summed E-state index contributed by atoms with van der Waals surface area (Å²) < 4.78 is 35.6. The van der Waals surface area contributed by atoms with Gasteiger partial charge in [-0.1, -0.05) is 67.6 Å². The summed E-state index contributed by atoms with van der Waals surface area (Å²) in [6.07, 6.45) is -2.25. The molecule has 0 N–H and O–H groups in total. The number of carbonyl (C=O) groups excluding carboxylic acids is 1. The normalized spacial score (nSPS) is 29.8. The van der Waals surface area contributed by atoms with E-state index in [1.54, 1.807) is 6.92 Å². The first-order chi connectivity index (χ1) is 15.7. The van der Waals surface area contributed by atoms with Crippen molar-refractivity contribution in [1.82, 2.24) is 0 Å². The summed E-state index contributed by atoms with van der Waals surface area (Å²) >= 11 is 0. The zero-order valence-electron chi connectivity index (χ0n) is 18.4. The first-order valence-electron chi connectivity index (χ1n) is 11.1. The molecule has 32 heavy (non-hydrogen) atoms. The number of rotatable bonds is 8. The SMILES string of the molecule is CCOC(=O)COC1[C@@H]2OC(c3ccccc3)OCC2O[C@H](OCc2ccccc2)[C@H]1C. The number of hydrogen-bond donors (Lipinski definition) is 0. The van der Waals surface area contributed by atoms with Crippen LogP contribution in [0.3, 0.4) is 0 Å². The highest BCUT2D eigenvalue weighted by Crippen LogP contribution is 2.38. The Kier molecular flexibility index (Phi) is 7.89. The molecule has 2 saturated heterocycles. The van der Waals surface area contributed by atoms with Crippen molar-refractivity contribution in [3.05, 3.63) is 71.8 Å². The fourth-order valence-electron chi connectivity index (χ4n) is 4.04. The third-order valence-corrected chi connectivity index (χ3v) is 5.67. The van der Waals surface area contributed by atoms with Crippen LogP contribution in [0.2, 0.25) is 0 Å². The van der Waals surface area contributed by atoms with Crippen LogP contribution in [0.4, 0.5) is 0 Å². The van der Waals surface area contributed by atoms with E-state index in [1.165, 1.54) is 0 Å². The smallest absolute Gasteiger partial charge is 0.332 e. The van der Waals surface area contributed by atoms with Gasteiger partial charge in [-0.3, -0.25) is 0 Å². The molecule has 2 heterocycles. The minimum absolute atomic E-state index is 0.155. The molecular formula is C25H30O7. The lowest BCUT2D eigenvalue weighted by atomic mass is 9.91. The van der Waals surface area contributed by atoms with Crippen LogP contribution in [0.5, 0.6) is 0 Å². The molecule has 0 saturated carbocycles. The van der Waals surface area contributed by atoms with Gasteiger partial charge in [-0.25, -0.2) is 4.79 Å². The molecular weight excluding hydrogens is 412 g/mol. The van der Waals surface area contributed by atoms with Crippen molar-refractivity contribution >= 4 is 5.97 Å². The second-order valence-corrected chi connectivity index (χ2v) is 7.96. The molecule has 0 aromatic heterocycles. The summed E-state index contributed by atoms with van der Waals surface area (Å²) in [5, 5.41) is 0. The van der Waals surface area contributed by atoms with Gasteiger partial charge in [0, 0.05) is 11.5 Å². The average molecular weight is 443 g/mol. The lowest BCUT2D eigenvalue weighted by molar-refractivity contribution is -0.357. The van der Waals surface area contributed by atoms with Gasteiger partial charge in [-0.15, -0.1) is 0 Å². The largest absolute Gasteiger partial charge is 0.464 e. The van der Waals surface area contributed by atoms with Gasteiger partial charge >= 0.3 is 5.97 Å². The van der Waals surface area contributed by atoms with Gasteiger partial charge in [0.25, 0.3) is 0 Å². The van der Waals surface area contributed by atoms with Gasteiger partial charge in [-0.2, -0.15) is 0 Å². The van der Waals surface area contributed by atoms with Crippen LogP contribution < -0.4 is 0 Å². The average Bonchev–Trinajstić information content (AvgIpc) is 2.83. The molecule has 2 aliphatic heterocycles. The molecule has 172 valence electrons. The number of ether oxygens (including phenoxy) is 6. The lowest BCUT2D eigenvalue weighted by Gasteiger charge is -2.48. The molecule has 6 atom stereocenters. The van der Waals surface area contributed by atoms with Crippen LogP contribution >= 0.6 is 0 Å². The molecule has 0 spiro atoms. The van der Waals surface area contributed by atoms with Crippen LogP contribution in [-0.2, 0) is 39.8 Å². The summed E-state index contributed by atoms with van der Waals surface area (Å²) in [6.45, 7) is 4.65. The van der Waals surface area contributed by atoms with Gasteiger partial charge in [0.1, 0.15) is 18.8 Å². The summed E-state index contributed by atoms with van der Waals surface area (Å²) in [7, 11) is 0. The van der Waals surface area contributed by atoms with E-state index >= 15 is 0 Å². The Morgan fingerprint density at radius 3 is 2.44 bits per heavy atom. The first kappa shape index (κ1) is 22.9. The zero-order chi connectivity index (χ0) is 22.3. The van der Waals surface area contributed by atoms with Crippen molar-refractivity contribution in [3.8, 4) is 0 Å². The molecule has 4 rings (SSSR count). The van der Waals surface area contributed by atoms with E-state index in [0.29, 0.717) is 19.8 Å². The Balaban J connectivity index is 1.47. The molecule has 7 nitrogen and oxygen atoms in total. The molecule has 7 heteroatoms. The van der Waals surface area contributed by atoms with E-state index in [1.807, 2.05) is 67.6 Å². The molecule has 2 fully saturated rings. The quantitative estimate of drug-likeness (QED) is 0.578. The van der Waals surface area contributed by atoms with Crippen molar-refractivity contribution in [2.45, 2.75) is 51.3 Å². The van der Waals surface area contributed by atoms with Crippen molar-refractivity contribution in [1.29, 1.82) is 0 Å². The van der Waals surface area contributed by atoms with Crippen LogP contribution in [0, 0.1) is 5.92 Å². The minimum Gasteiger partial charge on any atom is -0.464 e. The predicted octanol–water partition coefficient (Wildman–Crippen LogP) is 3.63. The van der Waals surface area contributed by atoms with Crippen LogP contribution in [-0.4, -0.2) is 50.4 Å². The maximum Gasteiger partial charge on any atom is 0.332 e. The monoisotopic (exact) mass is 442 g/mol. The summed E-state index contributed by atoms with van der Waals surface area (Å²) in [4.78, 5) is 12.0. The number of fused-ring (bicyclic) bond motifs is 1. The molecule has 2 aliphatic rings. The number of carbonyl (C=O) groups is 1. The Morgan fingerprint density at radius 2 is 1.72 bits per heavy atom. The molecule has 3 unspecified atom stereocenters. The maximum absolute atomic E-state index is 12.0. The van der Waals surface area contributed by atoms with Gasteiger partial charge in [0.2, 0.25) is 0 Å². The second kappa shape index (κ2) is 11.0. The Labute approximate surface area is 188 Å². The van der Waals surface area contributed by atoms with E-state index in [0.717, 1.165) is 11.1 Å². The standard InChI is InChI=1S/C25H30O7/c1-3-27-21(26)16-28-22-17(2)24(29-14-18-10-6-4-7-11-18)31-20-15-30-25(32-23(20)22)19-12-8-5-9-13-19/h4-13,17,20,22-25H,3,14-16H2,1-2H3/t17-,20?,22?,23+,24-,25?/m0/s1. The minimum atomic E-state index is -0.524. The molecule has 0 bridgehead atoms. The second-order valence-electron chi connectivity index (χ2n) is 7.96. The van der Waals surface area contributed by atoms with Crippen molar-refractivity contribution in [2.24, 2.45) is 5.92 Å². The number of esters is 1. The van der Waals surface area contributed by atoms with Crippen molar-refractivity contribution < 1.29 is 33.2 Å². The fourth-order valence-corrected chi connectivity index (χ4v) is 4.04. The topological polar surface area (TPSA) is 72.5 Å². The highest BCUT2D eigenvalue weighted by molar-refractivity contribution is 5.70. The van der Waals surface area contributed by atoms with E-state index in [9.17, 15) is 4.79 Å². The highest BCUT2D eigenvalue weighted by Gasteiger charge is 2.49. The highest BCUT2D eigenvalue weighted by atomic mass is 16.7. The summed E-state index contributed by atoms with van der Waals surface area (Å²) in [5.74, 6) is -0.583. The van der Waals surface area contributed by atoms with Crippen molar-refractivity contribution in [2.75, 3.05) is 19.8 Å².